The number of hydrogen-bond acceptors (Lipinski definition) is 3. The molecule has 6 nitrogen and oxygen atoms in total. The maximum atomic E-state index is 9.57. The van der Waals surface area contributed by atoms with Crippen molar-refractivity contribution in [1.29, 1.82) is 0 Å². The number of primary amides is 1. The Morgan fingerprint density at radius 2 is 2.00 bits per heavy atom. The fourth-order valence-corrected chi connectivity index (χ4v) is 0.0840. The van der Waals surface area contributed by atoms with Crippen molar-refractivity contribution >= 4 is 12.2 Å². The minimum absolute atomic E-state index is 0. The first-order valence-corrected chi connectivity index (χ1v) is 1.53. The second kappa shape index (κ2) is 5.67. The van der Waals surface area contributed by atoms with Crippen molar-refractivity contribution in [3.63, 3.8) is 0 Å². The van der Waals surface area contributed by atoms with Crippen LogP contribution in [0.25, 0.3) is 5.48 Å². The summed E-state index contributed by atoms with van der Waals surface area (Å²) in [4.78, 5) is 22.3. The summed E-state index contributed by atoms with van der Waals surface area (Å²) in [7, 11) is 0. The van der Waals surface area contributed by atoms with Crippen molar-refractivity contribution in [3.05, 3.63) is 5.48 Å². The molecule has 0 aromatic rings. The van der Waals surface area contributed by atoms with Gasteiger partial charge in [-0.2, -0.15) is 0 Å². The van der Waals surface area contributed by atoms with E-state index in [0.717, 1.165) is 0 Å². The molecule has 7 heteroatoms. The summed E-state index contributed by atoms with van der Waals surface area (Å²) < 4.78 is 0. The first-order valence-electron chi connectivity index (χ1n) is 1.53. The molecule has 0 saturated heterocycles. The van der Waals surface area contributed by atoms with Crippen molar-refractivity contribution in [1.82, 2.24) is 0 Å². The van der Waals surface area contributed by atoms with Gasteiger partial charge in [-0.25, -0.2) is 10.3 Å². The molecule has 0 saturated carbocycles. The summed E-state index contributed by atoms with van der Waals surface area (Å²) >= 11 is 0. The van der Waals surface area contributed by atoms with Gasteiger partial charge in [0.05, 0.1) is 0 Å². The Hall–Kier alpha value is -0.460. The van der Waals surface area contributed by atoms with Gasteiger partial charge in [0, 0.05) is 0 Å². The van der Waals surface area contributed by atoms with Gasteiger partial charge in [0.1, 0.15) is 0 Å². The van der Waals surface area contributed by atoms with Crippen LogP contribution in [0.3, 0.4) is 0 Å². The van der Waals surface area contributed by atoms with E-state index in [2.05, 4.69) is 16.1 Å². The van der Waals surface area contributed by atoms with Gasteiger partial charge in [-0.15, -0.1) is 0 Å². The van der Waals surface area contributed by atoms with Gasteiger partial charge in [-0.05, 0) is 0 Å². The summed E-state index contributed by atoms with van der Waals surface area (Å²) in [6.45, 7) is 0. The normalized spacial score (nSPS) is 6.67. The van der Waals surface area contributed by atoms with Gasteiger partial charge in [-0.1, -0.05) is 0 Å². The van der Waals surface area contributed by atoms with Crippen LogP contribution in [0.15, 0.2) is 0 Å². The van der Waals surface area contributed by atoms with Crippen LogP contribution in [-0.2, 0) is 4.84 Å². The van der Waals surface area contributed by atoms with E-state index < -0.39 is 12.2 Å². The number of carboxylic acid groups (broad SMARTS) is 1. The number of rotatable bonds is 0. The quantitative estimate of drug-likeness (QED) is 0.278. The van der Waals surface area contributed by atoms with Crippen LogP contribution in [0.2, 0.25) is 0 Å². The molecule has 0 aliphatic carbocycles. The second-order valence-electron chi connectivity index (χ2n) is 0.787. The average molecular weight is 142 g/mol. The van der Waals surface area contributed by atoms with Crippen LogP contribution in [-0.4, -0.2) is 17.3 Å². The fourth-order valence-electron chi connectivity index (χ4n) is 0.0840. The van der Waals surface area contributed by atoms with Gasteiger partial charge in [0.25, 0.3) is 0 Å². The third kappa shape index (κ3) is 11.2. The molecule has 0 atom stereocenters. The summed E-state index contributed by atoms with van der Waals surface area (Å²) in [5.74, 6) is 0. The number of carbonyl (C=O) groups excluding carboxylic acids is 1. The Labute approximate surface area is 72.6 Å². The molecule has 9 heavy (non-hydrogen) atoms. The summed E-state index contributed by atoms with van der Waals surface area (Å²) in [5, 5.41) is 7.64. The molecule has 0 unspecified atom stereocenters. The molecule has 0 heterocycles. The van der Waals surface area contributed by atoms with E-state index in [-0.39, 0.29) is 29.6 Å². The van der Waals surface area contributed by atoms with Crippen LogP contribution in [0.5, 0.6) is 0 Å². The van der Waals surface area contributed by atoms with Gasteiger partial charge >= 0.3 is 35.7 Å². The van der Waals surface area contributed by atoms with Crippen LogP contribution in [0.1, 0.15) is 0 Å². The topological polar surface area (TPSA) is 104 Å². The van der Waals surface area contributed by atoms with Crippen LogP contribution in [0.4, 0.5) is 9.59 Å². The first kappa shape index (κ1) is 11.4. The zero-order valence-corrected chi connectivity index (χ0v) is 6.70. The van der Waals surface area contributed by atoms with Gasteiger partial charge in [0.2, 0.25) is 0 Å². The molecular weight excluding hydrogens is 139 g/mol. The van der Waals surface area contributed by atoms with Gasteiger partial charge in [0.15, 0.2) is 6.03 Å². The van der Waals surface area contributed by atoms with Crippen molar-refractivity contribution < 1.29 is 49.1 Å². The summed E-state index contributed by atoms with van der Waals surface area (Å²) in [6, 6.07) is -1.17. The Morgan fingerprint density at radius 3 is 2.11 bits per heavy atom. The average Bonchev–Trinajstić information content (AvgIpc) is 1.61. The van der Waals surface area contributed by atoms with E-state index in [1.165, 1.54) is 0 Å². The number of carbonyl (C=O) groups is 2. The minimum Gasteiger partial charge on any atom is -0.460 e. The molecule has 0 bridgehead atoms. The zero-order chi connectivity index (χ0) is 6.57. The number of hydroxylamine groups is 1. The van der Waals surface area contributed by atoms with Crippen molar-refractivity contribution in [2.75, 3.05) is 0 Å². The van der Waals surface area contributed by atoms with E-state index in [9.17, 15) is 9.59 Å². The number of amides is 2. The van der Waals surface area contributed by atoms with E-state index in [1.54, 1.807) is 0 Å². The predicted molar refractivity (Wildman–Crippen MR) is 22.1 cm³/mol. The molecule has 3 N–H and O–H groups in total. The number of nitrogens with zero attached hydrogens (tertiary/aromatic N) is 1. The number of hydrogen-bond donors (Lipinski definition) is 2. The molecule has 2 amide bonds. The summed E-state index contributed by atoms with van der Waals surface area (Å²) in [5.41, 5.74) is 6.71. The van der Waals surface area contributed by atoms with Gasteiger partial charge < -0.3 is 15.7 Å². The molecule has 0 aromatic heterocycles. The number of urea groups is 1. The van der Waals surface area contributed by atoms with Crippen molar-refractivity contribution in [2.45, 2.75) is 0 Å². The molecule has 0 fully saturated rings. The maximum absolute atomic E-state index is 9.57. The maximum Gasteiger partial charge on any atom is 1.00 e. The number of nitrogens with two attached hydrogens (primary N) is 1. The SMILES string of the molecule is NC(=O)[N-]OC(=O)O.[Na+]. The van der Waals surface area contributed by atoms with E-state index in [1.807, 2.05) is 0 Å². The minimum atomic E-state index is -1.66. The Balaban J connectivity index is 0. The first-order chi connectivity index (χ1) is 3.63. The molecule has 0 aliphatic heterocycles. The molecule has 0 spiro atoms. The van der Waals surface area contributed by atoms with Crippen molar-refractivity contribution in [2.24, 2.45) is 5.73 Å². The molecular formula is C2H3N2NaO4. The smallest absolute Gasteiger partial charge is 0.460 e. The molecule has 0 rings (SSSR count). The van der Waals surface area contributed by atoms with Gasteiger partial charge in [-0.3, -0.25) is 4.79 Å². The largest absolute Gasteiger partial charge is 1.00 e. The molecule has 0 radical (unpaired) electrons. The zero-order valence-electron chi connectivity index (χ0n) is 4.70. The summed E-state index contributed by atoms with van der Waals surface area (Å²) in [6.07, 6.45) is -1.66. The van der Waals surface area contributed by atoms with Crippen molar-refractivity contribution in [3.8, 4) is 0 Å². The third-order valence-corrected chi connectivity index (χ3v) is 0.214. The Kier molecular flexibility index (Phi) is 7.15. The monoisotopic (exact) mass is 142 g/mol. The van der Waals surface area contributed by atoms with Crippen LogP contribution < -0.4 is 35.3 Å². The van der Waals surface area contributed by atoms with Crippen LogP contribution in [0, 0.1) is 0 Å². The fraction of sp³-hybridized carbons (Fsp3) is 0. The van der Waals surface area contributed by atoms with E-state index in [4.69, 9.17) is 5.11 Å². The van der Waals surface area contributed by atoms with E-state index in [0.29, 0.717) is 0 Å². The third-order valence-electron chi connectivity index (χ3n) is 0.214. The predicted octanol–water partition coefficient (Wildman–Crippen LogP) is -2.95. The second-order valence-corrected chi connectivity index (χ2v) is 0.787. The molecule has 46 valence electrons. The molecule has 0 aliphatic rings. The standard InChI is InChI=1S/C2H4N2O4.Na/c3-1(5)4-8-2(6)7;/h(H4,3,4,5,6,7);/q;+1/p-1. The van der Waals surface area contributed by atoms with E-state index >= 15 is 0 Å². The van der Waals surface area contributed by atoms with Crippen LogP contribution >= 0.6 is 0 Å². The Morgan fingerprint density at radius 1 is 1.56 bits per heavy atom. The Bertz CT molecular complexity index is 101. The molecule has 0 aromatic carbocycles.